The van der Waals surface area contributed by atoms with E-state index in [4.69, 9.17) is 4.74 Å². The van der Waals surface area contributed by atoms with Crippen molar-refractivity contribution < 1.29 is 14.6 Å². The SMILES string of the molecule is CCCCCCCCC(CCCCCCCC)CCCCCCCN(CCO)CCCCCCCOC(C)=O. The Bertz CT molecular complexity index is 469. The highest BCUT2D eigenvalue weighted by molar-refractivity contribution is 5.65. The van der Waals surface area contributed by atoms with Crippen LogP contribution in [0.2, 0.25) is 0 Å². The summed E-state index contributed by atoms with van der Waals surface area (Å²) in [5, 5.41) is 9.45. The first-order chi connectivity index (χ1) is 19.1. The highest BCUT2D eigenvalue weighted by Crippen LogP contribution is 2.24. The fourth-order valence-electron chi connectivity index (χ4n) is 5.82. The van der Waals surface area contributed by atoms with Crippen LogP contribution in [-0.2, 0) is 9.53 Å². The van der Waals surface area contributed by atoms with Gasteiger partial charge in [0.05, 0.1) is 13.2 Å². The molecular weight excluding hydrogens is 482 g/mol. The number of unbranched alkanes of at least 4 members (excludes halogenated alkanes) is 18. The van der Waals surface area contributed by atoms with Crippen molar-refractivity contribution in [2.45, 2.75) is 181 Å². The minimum Gasteiger partial charge on any atom is -0.466 e. The van der Waals surface area contributed by atoms with Crippen molar-refractivity contribution in [1.82, 2.24) is 4.90 Å². The third-order valence-corrected chi connectivity index (χ3v) is 8.36. The van der Waals surface area contributed by atoms with Crippen LogP contribution >= 0.6 is 0 Å². The molecule has 0 atom stereocenters. The van der Waals surface area contributed by atoms with Crippen molar-refractivity contribution in [3.63, 3.8) is 0 Å². The quantitative estimate of drug-likeness (QED) is 0.0665. The van der Waals surface area contributed by atoms with Gasteiger partial charge in [-0.05, 0) is 38.3 Å². The Labute approximate surface area is 245 Å². The summed E-state index contributed by atoms with van der Waals surface area (Å²) in [6, 6.07) is 0. The van der Waals surface area contributed by atoms with Crippen LogP contribution in [0.4, 0.5) is 0 Å². The molecule has 0 unspecified atom stereocenters. The number of rotatable bonds is 32. The smallest absolute Gasteiger partial charge is 0.302 e. The summed E-state index contributed by atoms with van der Waals surface area (Å²) < 4.78 is 5.00. The van der Waals surface area contributed by atoms with Crippen LogP contribution in [-0.4, -0.2) is 48.8 Å². The predicted molar refractivity (Wildman–Crippen MR) is 170 cm³/mol. The molecule has 4 nitrogen and oxygen atoms in total. The van der Waals surface area contributed by atoms with Crippen LogP contribution in [0.25, 0.3) is 0 Å². The van der Waals surface area contributed by atoms with Crippen molar-refractivity contribution in [3.8, 4) is 0 Å². The van der Waals surface area contributed by atoms with Gasteiger partial charge in [0.1, 0.15) is 0 Å². The van der Waals surface area contributed by atoms with Gasteiger partial charge < -0.3 is 14.7 Å². The van der Waals surface area contributed by atoms with E-state index < -0.39 is 0 Å². The summed E-state index contributed by atoms with van der Waals surface area (Å²) >= 11 is 0. The molecule has 39 heavy (non-hydrogen) atoms. The highest BCUT2D eigenvalue weighted by Gasteiger charge is 2.09. The molecule has 0 aliphatic heterocycles. The van der Waals surface area contributed by atoms with Gasteiger partial charge in [0.15, 0.2) is 0 Å². The van der Waals surface area contributed by atoms with Crippen molar-refractivity contribution >= 4 is 5.97 Å². The van der Waals surface area contributed by atoms with Crippen LogP contribution in [0.5, 0.6) is 0 Å². The van der Waals surface area contributed by atoms with Gasteiger partial charge in [-0.15, -0.1) is 0 Å². The second-order valence-electron chi connectivity index (χ2n) is 12.2. The Morgan fingerprint density at radius 3 is 1.36 bits per heavy atom. The normalized spacial score (nSPS) is 11.6. The van der Waals surface area contributed by atoms with Crippen LogP contribution < -0.4 is 0 Å². The Kier molecular flexibility index (Phi) is 31.4. The van der Waals surface area contributed by atoms with E-state index in [0.29, 0.717) is 6.61 Å². The van der Waals surface area contributed by atoms with E-state index in [1.165, 1.54) is 155 Å². The van der Waals surface area contributed by atoms with Crippen molar-refractivity contribution in [2.75, 3.05) is 32.8 Å². The lowest BCUT2D eigenvalue weighted by Crippen LogP contribution is -2.29. The summed E-state index contributed by atoms with van der Waals surface area (Å²) in [6.45, 7) is 9.96. The van der Waals surface area contributed by atoms with Crippen LogP contribution in [0, 0.1) is 5.92 Å². The fourth-order valence-corrected chi connectivity index (χ4v) is 5.82. The summed E-state index contributed by atoms with van der Waals surface area (Å²) in [7, 11) is 0. The molecule has 0 heterocycles. The minimum absolute atomic E-state index is 0.175. The Hall–Kier alpha value is -0.610. The van der Waals surface area contributed by atoms with Gasteiger partial charge in [-0.2, -0.15) is 0 Å². The van der Waals surface area contributed by atoms with E-state index in [1.54, 1.807) is 0 Å². The molecule has 0 amide bonds. The van der Waals surface area contributed by atoms with E-state index in [9.17, 15) is 9.90 Å². The molecule has 0 saturated heterocycles. The van der Waals surface area contributed by atoms with Gasteiger partial charge in [0.25, 0.3) is 0 Å². The zero-order valence-corrected chi connectivity index (χ0v) is 27.0. The molecule has 0 spiro atoms. The van der Waals surface area contributed by atoms with Gasteiger partial charge in [-0.25, -0.2) is 0 Å². The molecule has 0 aromatic carbocycles. The van der Waals surface area contributed by atoms with E-state index in [1.807, 2.05) is 0 Å². The maximum absolute atomic E-state index is 10.8. The minimum atomic E-state index is -0.175. The summed E-state index contributed by atoms with van der Waals surface area (Å²) in [4.78, 5) is 13.2. The Morgan fingerprint density at radius 1 is 0.564 bits per heavy atom. The second kappa shape index (κ2) is 31.9. The van der Waals surface area contributed by atoms with Gasteiger partial charge in [-0.3, -0.25) is 4.79 Å². The second-order valence-corrected chi connectivity index (χ2v) is 12.2. The highest BCUT2D eigenvalue weighted by atomic mass is 16.5. The number of carbonyl (C=O) groups is 1. The molecule has 0 aromatic rings. The lowest BCUT2D eigenvalue weighted by Gasteiger charge is -2.21. The third kappa shape index (κ3) is 30.2. The zero-order chi connectivity index (χ0) is 28.7. The number of ether oxygens (including phenoxy) is 1. The van der Waals surface area contributed by atoms with Crippen LogP contribution in [0.3, 0.4) is 0 Å². The molecule has 0 aliphatic rings. The number of nitrogens with zero attached hydrogens (tertiary/aromatic N) is 1. The monoisotopic (exact) mass is 554 g/mol. The molecule has 0 aliphatic carbocycles. The first kappa shape index (κ1) is 38.4. The molecule has 0 fully saturated rings. The number of esters is 1. The Morgan fingerprint density at radius 2 is 0.949 bits per heavy atom. The summed E-state index contributed by atoms with van der Waals surface area (Å²) in [6.07, 6.45) is 34.0. The topological polar surface area (TPSA) is 49.8 Å². The van der Waals surface area contributed by atoms with E-state index in [2.05, 4.69) is 18.7 Å². The number of hydrogen-bond acceptors (Lipinski definition) is 4. The van der Waals surface area contributed by atoms with Crippen LogP contribution in [0.15, 0.2) is 0 Å². The third-order valence-electron chi connectivity index (χ3n) is 8.36. The van der Waals surface area contributed by atoms with Crippen molar-refractivity contribution in [3.05, 3.63) is 0 Å². The molecule has 4 heteroatoms. The maximum Gasteiger partial charge on any atom is 0.302 e. The molecule has 0 rings (SSSR count). The number of aliphatic hydroxyl groups excluding tert-OH is 1. The van der Waals surface area contributed by atoms with Crippen LogP contribution in [0.1, 0.15) is 181 Å². The zero-order valence-electron chi connectivity index (χ0n) is 27.0. The predicted octanol–water partition coefficient (Wildman–Crippen LogP) is 10.3. The number of aliphatic hydroxyl groups is 1. The van der Waals surface area contributed by atoms with E-state index in [0.717, 1.165) is 38.4 Å². The summed E-state index contributed by atoms with van der Waals surface area (Å²) in [5.41, 5.74) is 0. The maximum atomic E-state index is 10.8. The molecule has 0 bridgehead atoms. The average molecular weight is 554 g/mol. The molecule has 0 radical (unpaired) electrons. The lowest BCUT2D eigenvalue weighted by molar-refractivity contribution is -0.141. The molecular formula is C35H71NO3. The first-order valence-electron chi connectivity index (χ1n) is 17.6. The van der Waals surface area contributed by atoms with Gasteiger partial charge in [0, 0.05) is 13.5 Å². The number of carbonyl (C=O) groups excluding carboxylic acids is 1. The van der Waals surface area contributed by atoms with E-state index in [-0.39, 0.29) is 12.6 Å². The van der Waals surface area contributed by atoms with Gasteiger partial charge in [0.2, 0.25) is 0 Å². The lowest BCUT2D eigenvalue weighted by atomic mass is 9.89. The summed E-state index contributed by atoms with van der Waals surface area (Å²) in [5.74, 6) is 0.801. The molecule has 234 valence electrons. The Balaban J connectivity index is 3.95. The fraction of sp³-hybridized carbons (Fsp3) is 0.971. The van der Waals surface area contributed by atoms with E-state index >= 15 is 0 Å². The standard InChI is InChI=1S/C35H71NO3/c1-4-6-8-10-14-20-26-35(27-21-15-11-9-7-5-2)28-22-16-12-17-23-29-36(31-32-37)30-24-18-13-19-25-33-39-34(3)38/h35,37H,4-33H2,1-3H3. The average Bonchev–Trinajstić information content (AvgIpc) is 2.92. The van der Waals surface area contributed by atoms with Crippen molar-refractivity contribution in [2.24, 2.45) is 5.92 Å². The van der Waals surface area contributed by atoms with Gasteiger partial charge >= 0.3 is 5.97 Å². The molecule has 1 N–H and O–H groups in total. The first-order valence-corrected chi connectivity index (χ1v) is 17.6. The number of hydrogen-bond donors (Lipinski definition) is 1. The largest absolute Gasteiger partial charge is 0.466 e. The molecule has 0 saturated carbocycles. The van der Waals surface area contributed by atoms with Gasteiger partial charge in [-0.1, -0.05) is 155 Å². The molecule has 0 aromatic heterocycles. The van der Waals surface area contributed by atoms with Crippen molar-refractivity contribution in [1.29, 1.82) is 0 Å².